The first-order valence-electron chi connectivity index (χ1n) is 4.30. The molecule has 0 saturated heterocycles. The maximum absolute atomic E-state index is 10.1. The van der Waals surface area contributed by atoms with Gasteiger partial charge in [0.2, 0.25) is 0 Å². The van der Waals surface area contributed by atoms with Crippen LogP contribution in [-0.2, 0) is 4.79 Å². The monoisotopic (exact) mass is 243 g/mol. The van der Waals surface area contributed by atoms with Gasteiger partial charge in [-0.3, -0.25) is 0 Å². The summed E-state index contributed by atoms with van der Waals surface area (Å²) in [4.78, 5) is 18.6. The molecule has 15 heavy (non-hydrogen) atoms. The summed E-state index contributed by atoms with van der Waals surface area (Å²) in [6.07, 6.45) is 0. The van der Waals surface area contributed by atoms with E-state index in [9.17, 15) is 9.90 Å². The first-order chi connectivity index (χ1) is 7.08. The largest absolute Gasteiger partial charge is 0.549 e. The summed E-state index contributed by atoms with van der Waals surface area (Å²) in [6.45, 7) is 3.82. The lowest BCUT2D eigenvalue weighted by molar-refractivity contribution is -0.301. The van der Waals surface area contributed by atoms with Gasteiger partial charge in [-0.05, 0) is 19.9 Å². The van der Waals surface area contributed by atoms with Crippen molar-refractivity contribution in [1.29, 1.82) is 0 Å². The minimum atomic E-state index is -1.04. The zero-order valence-electron chi connectivity index (χ0n) is 8.52. The van der Waals surface area contributed by atoms with Crippen molar-refractivity contribution in [3.63, 3.8) is 0 Å². The summed E-state index contributed by atoms with van der Waals surface area (Å²) in [7, 11) is 0. The molecule has 0 aliphatic heterocycles. The van der Waals surface area contributed by atoms with Crippen LogP contribution in [0.4, 0.5) is 0 Å². The van der Waals surface area contributed by atoms with E-state index in [0.717, 1.165) is 11.4 Å². The molecule has 0 unspecified atom stereocenters. The molecule has 82 valence electrons. The maximum atomic E-state index is 10.1. The summed E-state index contributed by atoms with van der Waals surface area (Å²) in [5.41, 5.74) is 1.85. The summed E-state index contributed by atoms with van der Waals surface area (Å²) >= 11 is 2.73. The molecule has 1 aromatic rings. The molecule has 0 N–H and O–H groups in total. The van der Waals surface area contributed by atoms with Crippen molar-refractivity contribution in [3.8, 4) is 0 Å². The number of aromatic nitrogens is 2. The van der Waals surface area contributed by atoms with Gasteiger partial charge in [0.25, 0.3) is 0 Å². The molecule has 1 heterocycles. The molecule has 0 saturated carbocycles. The van der Waals surface area contributed by atoms with Crippen LogP contribution in [-0.4, -0.2) is 26.8 Å². The number of nitrogens with zero attached hydrogens (tertiary/aromatic N) is 2. The van der Waals surface area contributed by atoms with E-state index in [-0.39, 0.29) is 5.75 Å². The number of rotatable bonds is 5. The number of thioether (sulfide) groups is 2. The van der Waals surface area contributed by atoms with Crippen LogP contribution in [0, 0.1) is 13.8 Å². The molecule has 1 aromatic heterocycles. The molecule has 0 bridgehead atoms. The van der Waals surface area contributed by atoms with Crippen LogP contribution in [0.3, 0.4) is 0 Å². The number of aliphatic carboxylic acids is 1. The number of hydrogen-bond donors (Lipinski definition) is 0. The molecule has 1 rings (SSSR count). The van der Waals surface area contributed by atoms with Gasteiger partial charge in [-0.1, -0.05) is 11.8 Å². The van der Waals surface area contributed by atoms with E-state index >= 15 is 0 Å². The van der Waals surface area contributed by atoms with Gasteiger partial charge in [0.1, 0.15) is 0 Å². The number of carbonyl (C=O) groups excluding carboxylic acids is 1. The second kappa shape index (κ2) is 5.97. The lowest BCUT2D eigenvalue weighted by Gasteiger charge is -2.03. The Morgan fingerprint density at radius 1 is 1.40 bits per heavy atom. The Morgan fingerprint density at radius 2 is 2.00 bits per heavy atom. The Kier molecular flexibility index (Phi) is 4.90. The fourth-order valence-electron chi connectivity index (χ4n) is 0.978. The van der Waals surface area contributed by atoms with Gasteiger partial charge in [-0.2, -0.15) is 0 Å². The highest BCUT2D eigenvalue weighted by Crippen LogP contribution is 2.19. The van der Waals surface area contributed by atoms with Crippen molar-refractivity contribution in [3.05, 3.63) is 17.5 Å². The standard InChI is InChI=1S/C9H12N2O2S2/c1-6-3-7(2)11-9(10-6)15-5-14-4-8(12)13/h3H,4-5H2,1-2H3,(H,12,13)/p-1. The minimum Gasteiger partial charge on any atom is -0.549 e. The van der Waals surface area contributed by atoms with Crippen LogP contribution in [0.15, 0.2) is 11.2 Å². The van der Waals surface area contributed by atoms with Crippen LogP contribution in [0.5, 0.6) is 0 Å². The van der Waals surface area contributed by atoms with E-state index in [1.165, 1.54) is 23.5 Å². The summed E-state index contributed by atoms with van der Waals surface area (Å²) < 4.78 is 0. The highest BCUT2D eigenvalue weighted by Gasteiger charge is 2.00. The van der Waals surface area contributed by atoms with E-state index in [1.807, 2.05) is 19.9 Å². The van der Waals surface area contributed by atoms with Crippen LogP contribution < -0.4 is 5.11 Å². The van der Waals surface area contributed by atoms with Crippen molar-refractivity contribution < 1.29 is 9.90 Å². The smallest absolute Gasteiger partial charge is 0.188 e. The van der Waals surface area contributed by atoms with Crippen LogP contribution in [0.2, 0.25) is 0 Å². The lowest BCUT2D eigenvalue weighted by atomic mass is 10.4. The summed E-state index contributed by atoms with van der Waals surface area (Å²) in [5.74, 6) is -1.03. The number of carboxylic acids is 1. The number of hydrogen-bond acceptors (Lipinski definition) is 6. The Hall–Kier alpha value is -0.750. The van der Waals surface area contributed by atoms with Gasteiger partial charge in [0, 0.05) is 22.2 Å². The fraction of sp³-hybridized carbons (Fsp3) is 0.444. The molecule has 0 aliphatic rings. The Bertz CT molecular complexity index is 338. The Balaban J connectivity index is 2.40. The van der Waals surface area contributed by atoms with E-state index in [4.69, 9.17) is 0 Å². The van der Waals surface area contributed by atoms with E-state index < -0.39 is 5.97 Å². The minimum absolute atomic E-state index is 0.0117. The van der Waals surface area contributed by atoms with Crippen molar-refractivity contribution in [2.24, 2.45) is 0 Å². The average Bonchev–Trinajstić information content (AvgIpc) is 2.10. The van der Waals surface area contributed by atoms with Gasteiger partial charge in [0.15, 0.2) is 5.16 Å². The molecule has 0 spiro atoms. The highest BCUT2D eigenvalue weighted by atomic mass is 32.2. The number of carboxylic acid groups (broad SMARTS) is 1. The third-order valence-corrected chi connectivity index (χ3v) is 3.47. The normalized spacial score (nSPS) is 10.3. The number of aryl methyl sites for hydroxylation is 2. The molecule has 0 amide bonds. The molecule has 0 fully saturated rings. The van der Waals surface area contributed by atoms with Crippen LogP contribution in [0.1, 0.15) is 11.4 Å². The van der Waals surface area contributed by atoms with Gasteiger partial charge in [0.05, 0.1) is 5.97 Å². The van der Waals surface area contributed by atoms with E-state index in [2.05, 4.69) is 9.97 Å². The predicted molar refractivity (Wildman–Crippen MR) is 59.7 cm³/mol. The van der Waals surface area contributed by atoms with Crippen LogP contribution in [0.25, 0.3) is 0 Å². The van der Waals surface area contributed by atoms with Crippen molar-refractivity contribution in [2.45, 2.75) is 19.0 Å². The predicted octanol–water partition coefficient (Wildman–Crippen LogP) is 0.626. The third-order valence-electron chi connectivity index (χ3n) is 1.45. The quantitative estimate of drug-likeness (QED) is 0.327. The van der Waals surface area contributed by atoms with Crippen molar-refractivity contribution in [2.75, 3.05) is 10.8 Å². The van der Waals surface area contributed by atoms with Crippen molar-refractivity contribution in [1.82, 2.24) is 9.97 Å². The SMILES string of the molecule is Cc1cc(C)nc(SCSCC(=O)[O-])n1. The molecule has 0 atom stereocenters. The number of carbonyl (C=O) groups is 1. The van der Waals surface area contributed by atoms with E-state index in [0.29, 0.717) is 10.2 Å². The molecule has 4 nitrogen and oxygen atoms in total. The molecular weight excluding hydrogens is 232 g/mol. The molecule has 0 aliphatic carbocycles. The van der Waals surface area contributed by atoms with Gasteiger partial charge < -0.3 is 9.90 Å². The Morgan fingerprint density at radius 3 is 2.53 bits per heavy atom. The third kappa shape index (κ3) is 5.03. The van der Waals surface area contributed by atoms with Gasteiger partial charge >= 0.3 is 0 Å². The highest BCUT2D eigenvalue weighted by molar-refractivity contribution is 8.16. The maximum Gasteiger partial charge on any atom is 0.188 e. The Labute approximate surface area is 96.9 Å². The second-order valence-electron chi connectivity index (χ2n) is 2.92. The van der Waals surface area contributed by atoms with Gasteiger partial charge in [-0.25, -0.2) is 9.97 Å². The van der Waals surface area contributed by atoms with Gasteiger partial charge in [-0.15, -0.1) is 11.8 Å². The molecule has 0 aromatic carbocycles. The fourth-order valence-corrected chi connectivity index (χ4v) is 2.65. The summed E-state index contributed by atoms with van der Waals surface area (Å²) in [6, 6.07) is 1.90. The zero-order valence-corrected chi connectivity index (χ0v) is 10.2. The van der Waals surface area contributed by atoms with Crippen molar-refractivity contribution >= 4 is 29.5 Å². The van der Waals surface area contributed by atoms with E-state index in [1.54, 1.807) is 0 Å². The lowest BCUT2D eigenvalue weighted by Crippen LogP contribution is -2.24. The molecule has 6 heteroatoms. The topological polar surface area (TPSA) is 65.9 Å². The zero-order chi connectivity index (χ0) is 11.3. The summed E-state index contributed by atoms with van der Waals surface area (Å²) in [5, 5.41) is 11.5. The first kappa shape index (κ1) is 12.3. The molecule has 0 radical (unpaired) electrons. The second-order valence-corrected chi connectivity index (χ2v) is 5.21. The molecular formula is C9H11N2O2S2-. The first-order valence-corrected chi connectivity index (χ1v) is 6.44. The average molecular weight is 243 g/mol. The van der Waals surface area contributed by atoms with Crippen LogP contribution >= 0.6 is 23.5 Å².